The van der Waals surface area contributed by atoms with Crippen LogP contribution in [-0.2, 0) is 14.4 Å². The number of nitrogens with one attached hydrogen (secondary N) is 3. The number of ether oxygens (including phenoxy) is 1. The van der Waals surface area contributed by atoms with Crippen molar-refractivity contribution in [3.8, 4) is 27.7 Å². The van der Waals surface area contributed by atoms with Crippen LogP contribution in [0, 0.1) is 5.92 Å². The van der Waals surface area contributed by atoms with Crippen LogP contribution in [0.15, 0.2) is 48.0 Å². The second kappa shape index (κ2) is 15.4. The molecule has 0 bridgehead atoms. The number of fused-ring (bicyclic) bond motifs is 2. The average Bonchev–Trinajstić information content (AvgIpc) is 3.60. The number of carboxylic acid groups (broad SMARTS) is 1. The molecule has 4 amide bonds. The highest BCUT2D eigenvalue weighted by molar-refractivity contribution is 7.13. The van der Waals surface area contributed by atoms with E-state index in [1.54, 1.807) is 18.1 Å². The predicted octanol–water partition coefficient (Wildman–Crippen LogP) is 4.70. The van der Waals surface area contributed by atoms with Crippen molar-refractivity contribution in [3.63, 3.8) is 0 Å². The summed E-state index contributed by atoms with van der Waals surface area (Å²) in [5.74, 6) is -1.66. The molecule has 7 rings (SSSR count). The Morgan fingerprint density at radius 3 is 2.48 bits per heavy atom. The molecule has 2 saturated carbocycles. The Morgan fingerprint density at radius 2 is 1.75 bits per heavy atom. The number of allylic oxidation sites excluding steroid dienone is 1. The second-order valence-electron chi connectivity index (χ2n) is 14.3. The SMILES string of the molecule is COc1ccc(-c2nn([C@@H]3C[C@H]4C(=O)N[C@@]5(C(=O)O)C[C@@H]5/C=C\CCCCC[C@@H](NC(=O)NC5CCCCC5)C(=O)N4C3)nc2-c2nccs2)cc1. The molecule has 5 atom stereocenters. The van der Waals surface area contributed by atoms with E-state index in [4.69, 9.17) is 14.9 Å². The van der Waals surface area contributed by atoms with Crippen molar-refractivity contribution in [2.75, 3.05) is 13.7 Å². The third kappa shape index (κ3) is 7.55. The molecule has 0 unspecified atom stereocenters. The van der Waals surface area contributed by atoms with Gasteiger partial charge < -0.3 is 30.7 Å². The van der Waals surface area contributed by atoms with E-state index in [2.05, 4.69) is 20.9 Å². The highest BCUT2D eigenvalue weighted by Crippen LogP contribution is 2.46. The van der Waals surface area contributed by atoms with Gasteiger partial charge in [0.1, 0.15) is 39.8 Å². The maximum atomic E-state index is 14.6. The number of urea groups is 1. The third-order valence-electron chi connectivity index (χ3n) is 10.8. The van der Waals surface area contributed by atoms with E-state index in [0.717, 1.165) is 56.9 Å². The number of thiazole rings is 1. The lowest BCUT2D eigenvalue weighted by molar-refractivity contribution is -0.145. The van der Waals surface area contributed by atoms with Crippen molar-refractivity contribution in [2.24, 2.45) is 5.92 Å². The fourth-order valence-corrected chi connectivity index (χ4v) is 8.41. The molecule has 1 saturated heterocycles. The molecule has 1 aromatic carbocycles. The molecule has 276 valence electrons. The molecule has 15 heteroatoms. The minimum atomic E-state index is -1.43. The molecule has 14 nitrogen and oxygen atoms in total. The maximum Gasteiger partial charge on any atom is 0.330 e. The van der Waals surface area contributed by atoms with Crippen molar-refractivity contribution < 1.29 is 29.0 Å². The first kappa shape index (κ1) is 35.6. The normalized spacial score (nSPS) is 27.7. The zero-order valence-electron chi connectivity index (χ0n) is 29.3. The van der Waals surface area contributed by atoms with Crippen LogP contribution in [-0.4, -0.2) is 91.1 Å². The van der Waals surface area contributed by atoms with Crippen LogP contribution < -0.4 is 20.7 Å². The molecule has 2 aliphatic heterocycles. The minimum absolute atomic E-state index is 0.0594. The van der Waals surface area contributed by atoms with Crippen molar-refractivity contribution in [2.45, 2.75) is 107 Å². The maximum absolute atomic E-state index is 14.6. The topological polar surface area (TPSA) is 181 Å². The molecule has 2 aromatic heterocycles. The van der Waals surface area contributed by atoms with Gasteiger partial charge in [0.15, 0.2) is 0 Å². The van der Waals surface area contributed by atoms with Gasteiger partial charge in [-0.15, -0.1) is 16.4 Å². The van der Waals surface area contributed by atoms with Gasteiger partial charge in [0.05, 0.1) is 13.2 Å². The van der Waals surface area contributed by atoms with Crippen molar-refractivity contribution in [1.29, 1.82) is 0 Å². The molecule has 4 N–H and O–H groups in total. The van der Waals surface area contributed by atoms with E-state index in [9.17, 15) is 24.3 Å². The fourth-order valence-electron chi connectivity index (χ4n) is 7.79. The summed E-state index contributed by atoms with van der Waals surface area (Å²) >= 11 is 1.43. The average molecular weight is 731 g/mol. The largest absolute Gasteiger partial charge is 0.497 e. The Labute approximate surface area is 306 Å². The second-order valence-corrected chi connectivity index (χ2v) is 15.2. The molecule has 52 heavy (non-hydrogen) atoms. The predicted molar refractivity (Wildman–Crippen MR) is 193 cm³/mol. The van der Waals surface area contributed by atoms with Crippen molar-refractivity contribution in [1.82, 2.24) is 40.8 Å². The number of carbonyl (C=O) groups excluding carboxylic acids is 3. The minimum Gasteiger partial charge on any atom is -0.497 e. The Balaban J connectivity index is 1.20. The van der Waals surface area contributed by atoms with Crippen LogP contribution in [0.3, 0.4) is 0 Å². The number of hydrogen-bond donors (Lipinski definition) is 4. The summed E-state index contributed by atoms with van der Waals surface area (Å²) in [6, 6.07) is 4.73. The monoisotopic (exact) mass is 730 g/mol. The first-order valence-corrected chi connectivity index (χ1v) is 19.2. The van der Waals surface area contributed by atoms with Crippen molar-refractivity contribution in [3.05, 3.63) is 48.0 Å². The summed E-state index contributed by atoms with van der Waals surface area (Å²) < 4.78 is 5.35. The number of hydrogen-bond acceptors (Lipinski definition) is 9. The number of carbonyl (C=O) groups is 4. The number of rotatable bonds is 7. The van der Waals surface area contributed by atoms with Gasteiger partial charge in [-0.05, 0) is 62.8 Å². The molecule has 3 aromatic rings. The van der Waals surface area contributed by atoms with Gasteiger partial charge in [-0.2, -0.15) is 9.90 Å². The first-order chi connectivity index (χ1) is 25.3. The quantitative estimate of drug-likeness (QED) is 0.251. The molecule has 2 aliphatic carbocycles. The van der Waals surface area contributed by atoms with E-state index in [1.165, 1.54) is 16.2 Å². The van der Waals surface area contributed by atoms with E-state index >= 15 is 0 Å². The van der Waals surface area contributed by atoms with Crippen molar-refractivity contribution >= 4 is 35.2 Å². The van der Waals surface area contributed by atoms with Crippen LogP contribution in [0.4, 0.5) is 4.79 Å². The summed E-state index contributed by atoms with van der Waals surface area (Å²) in [5, 5.41) is 31.4. The first-order valence-electron chi connectivity index (χ1n) is 18.4. The fraction of sp³-hybridized carbons (Fsp3) is 0.541. The molecule has 4 heterocycles. The zero-order chi connectivity index (χ0) is 36.2. The number of aliphatic carboxylic acids is 1. The molecular weight excluding hydrogens is 685 g/mol. The van der Waals surface area contributed by atoms with E-state index in [0.29, 0.717) is 35.0 Å². The zero-order valence-corrected chi connectivity index (χ0v) is 30.1. The van der Waals surface area contributed by atoms with Crippen LogP contribution in [0.1, 0.15) is 83.1 Å². The van der Waals surface area contributed by atoms with E-state index < -0.39 is 35.5 Å². The third-order valence-corrected chi connectivity index (χ3v) is 11.6. The smallest absolute Gasteiger partial charge is 0.330 e. The lowest BCUT2D eigenvalue weighted by Gasteiger charge is -2.30. The van der Waals surface area contributed by atoms with E-state index in [-0.39, 0.29) is 43.3 Å². The highest BCUT2D eigenvalue weighted by atomic mass is 32.1. The number of aromatic nitrogens is 4. The van der Waals surface area contributed by atoms with Crippen LogP contribution >= 0.6 is 11.3 Å². The number of methoxy groups -OCH3 is 1. The van der Waals surface area contributed by atoms with Gasteiger partial charge in [-0.1, -0.05) is 44.3 Å². The van der Waals surface area contributed by atoms with Gasteiger partial charge in [0, 0.05) is 42.1 Å². The van der Waals surface area contributed by atoms with Gasteiger partial charge in [-0.25, -0.2) is 14.6 Å². The number of benzene rings is 1. The summed E-state index contributed by atoms with van der Waals surface area (Å²) in [6.07, 6.45) is 14.7. The Bertz CT molecular complexity index is 1790. The van der Waals surface area contributed by atoms with Gasteiger partial charge in [-0.3, -0.25) is 9.59 Å². The van der Waals surface area contributed by atoms with Crippen LogP contribution in [0.25, 0.3) is 22.0 Å². The highest BCUT2D eigenvalue weighted by Gasteiger charge is 2.61. The van der Waals surface area contributed by atoms with E-state index in [1.807, 2.05) is 41.8 Å². The molecular formula is C37H46N8O6S. The molecule has 0 radical (unpaired) electrons. The summed E-state index contributed by atoms with van der Waals surface area (Å²) in [7, 11) is 1.60. The lowest BCUT2D eigenvalue weighted by Crippen LogP contribution is -2.57. The standard InChI is InChI=1S/C37H46N8O6S/c1-51-27-16-14-23(15-17-27)30-31(33-38-18-19-52-33)43-45(42-30)26-20-29-32(46)41-37(35(48)49)21-24(37)10-6-3-2-4-9-13-28(34(47)44(29)22-26)40-36(50)39-25-11-7-5-8-12-25/h6,10,14-19,24-26,28-29H,2-5,7-9,11-13,20-22H2,1H3,(H,41,46)(H,48,49)(H2,39,40,50)/b10-6-/t24-,26+,28+,29-,37-/m0/s1. The molecule has 0 spiro atoms. The summed E-state index contributed by atoms with van der Waals surface area (Å²) in [5.41, 5.74) is 0.524. The summed E-state index contributed by atoms with van der Waals surface area (Å²) in [6.45, 7) is 0.0940. The summed E-state index contributed by atoms with van der Waals surface area (Å²) in [4.78, 5) is 62.1. The Kier molecular flexibility index (Phi) is 10.6. The molecule has 3 fully saturated rings. The van der Waals surface area contributed by atoms with Crippen LogP contribution in [0.5, 0.6) is 5.75 Å². The van der Waals surface area contributed by atoms with Crippen LogP contribution in [0.2, 0.25) is 0 Å². The number of carboxylic acids is 1. The Morgan fingerprint density at radius 1 is 1.00 bits per heavy atom. The number of nitrogens with zero attached hydrogens (tertiary/aromatic N) is 5. The van der Waals surface area contributed by atoms with Gasteiger partial charge in [0.25, 0.3) is 0 Å². The Hall–Kier alpha value is -4.79. The lowest BCUT2D eigenvalue weighted by atomic mass is 9.96. The van der Waals surface area contributed by atoms with Gasteiger partial charge in [0.2, 0.25) is 11.8 Å². The molecule has 4 aliphatic rings. The number of amides is 4. The van der Waals surface area contributed by atoms with Gasteiger partial charge >= 0.3 is 12.0 Å².